The summed E-state index contributed by atoms with van der Waals surface area (Å²) >= 11 is 0. The lowest BCUT2D eigenvalue weighted by atomic mass is 10.1. The lowest BCUT2D eigenvalue weighted by molar-refractivity contribution is 0.145. The standard InChI is InChI=1S/C18H25N7O/c26-14-4-8-23(9-5-14)15-3-7-19-18(21-15)24-10-6-16-20-17(13-1-2-13)22-25(16)12-11-24/h3,7,13-14,26H,1-2,4-6,8-12H2. The molecule has 0 atom stereocenters. The van der Waals surface area contributed by atoms with Crippen molar-refractivity contribution in [3.63, 3.8) is 0 Å². The second-order valence-corrected chi connectivity index (χ2v) is 7.55. The summed E-state index contributed by atoms with van der Waals surface area (Å²) in [6.45, 7) is 4.24. The molecule has 0 aromatic carbocycles. The Bertz CT molecular complexity index is 754. The van der Waals surface area contributed by atoms with Gasteiger partial charge in [-0.25, -0.2) is 14.6 Å². The van der Waals surface area contributed by atoms with Crippen molar-refractivity contribution in [1.29, 1.82) is 0 Å². The van der Waals surface area contributed by atoms with Gasteiger partial charge >= 0.3 is 0 Å². The molecule has 8 heteroatoms. The minimum Gasteiger partial charge on any atom is -0.393 e. The summed E-state index contributed by atoms with van der Waals surface area (Å²) in [6.07, 6.45) is 6.64. The fraction of sp³-hybridized carbons (Fsp3) is 0.667. The third-order valence-electron chi connectivity index (χ3n) is 5.59. The zero-order valence-electron chi connectivity index (χ0n) is 15.0. The molecule has 2 aliphatic heterocycles. The third kappa shape index (κ3) is 3.13. The lowest BCUT2D eigenvalue weighted by Crippen LogP contribution is -2.37. The van der Waals surface area contributed by atoms with Gasteiger partial charge in [0.25, 0.3) is 0 Å². The van der Waals surface area contributed by atoms with Crippen LogP contribution in [0.5, 0.6) is 0 Å². The number of nitrogens with zero attached hydrogens (tertiary/aromatic N) is 7. The van der Waals surface area contributed by atoms with Gasteiger partial charge in [-0.2, -0.15) is 10.1 Å². The molecule has 0 spiro atoms. The average Bonchev–Trinajstić information content (AvgIpc) is 3.47. The summed E-state index contributed by atoms with van der Waals surface area (Å²) in [5.74, 6) is 4.47. The van der Waals surface area contributed by atoms with Crippen molar-refractivity contribution in [2.45, 2.75) is 50.7 Å². The van der Waals surface area contributed by atoms with Crippen LogP contribution in [-0.4, -0.2) is 62.1 Å². The van der Waals surface area contributed by atoms with Crippen molar-refractivity contribution in [2.24, 2.45) is 0 Å². The number of anilines is 2. The van der Waals surface area contributed by atoms with Crippen LogP contribution in [0, 0.1) is 0 Å². The van der Waals surface area contributed by atoms with E-state index >= 15 is 0 Å². The topological polar surface area (TPSA) is 83.2 Å². The molecule has 26 heavy (non-hydrogen) atoms. The number of hydrogen-bond acceptors (Lipinski definition) is 7. The van der Waals surface area contributed by atoms with Gasteiger partial charge < -0.3 is 14.9 Å². The van der Waals surface area contributed by atoms with Gasteiger partial charge in [-0.3, -0.25) is 0 Å². The highest BCUT2D eigenvalue weighted by Gasteiger charge is 2.30. The number of piperidine rings is 1. The van der Waals surface area contributed by atoms with Crippen molar-refractivity contribution in [2.75, 3.05) is 36.0 Å². The summed E-state index contributed by atoms with van der Waals surface area (Å²) in [5, 5.41) is 14.4. The molecular weight excluding hydrogens is 330 g/mol. The first-order chi connectivity index (χ1) is 12.8. The highest BCUT2D eigenvalue weighted by atomic mass is 16.3. The van der Waals surface area contributed by atoms with Crippen LogP contribution in [0.1, 0.15) is 43.3 Å². The van der Waals surface area contributed by atoms with Crippen LogP contribution < -0.4 is 9.80 Å². The molecule has 1 saturated carbocycles. The first kappa shape index (κ1) is 16.0. The van der Waals surface area contributed by atoms with Crippen molar-refractivity contribution in [3.8, 4) is 0 Å². The molecule has 2 fully saturated rings. The number of fused-ring (bicyclic) bond motifs is 1. The van der Waals surface area contributed by atoms with E-state index in [9.17, 15) is 5.11 Å². The normalized spacial score (nSPS) is 21.6. The van der Waals surface area contributed by atoms with Gasteiger partial charge in [0.05, 0.1) is 12.6 Å². The molecule has 1 saturated heterocycles. The largest absolute Gasteiger partial charge is 0.393 e. The van der Waals surface area contributed by atoms with E-state index in [1.165, 1.54) is 12.8 Å². The molecule has 0 amide bonds. The maximum atomic E-state index is 9.70. The first-order valence-corrected chi connectivity index (χ1v) is 9.71. The monoisotopic (exact) mass is 355 g/mol. The Hall–Kier alpha value is -2.22. The smallest absolute Gasteiger partial charge is 0.227 e. The lowest BCUT2D eigenvalue weighted by Gasteiger charge is -2.31. The summed E-state index contributed by atoms with van der Waals surface area (Å²) in [7, 11) is 0. The summed E-state index contributed by atoms with van der Waals surface area (Å²) < 4.78 is 2.07. The van der Waals surface area contributed by atoms with E-state index in [4.69, 9.17) is 15.1 Å². The quantitative estimate of drug-likeness (QED) is 0.878. The Kier molecular flexibility index (Phi) is 4.00. The average molecular weight is 355 g/mol. The molecule has 0 unspecified atom stereocenters. The van der Waals surface area contributed by atoms with Gasteiger partial charge in [0.1, 0.15) is 11.6 Å². The number of hydrogen-bond donors (Lipinski definition) is 1. The highest BCUT2D eigenvalue weighted by molar-refractivity contribution is 5.44. The summed E-state index contributed by atoms with van der Waals surface area (Å²) in [4.78, 5) is 18.5. The van der Waals surface area contributed by atoms with Crippen molar-refractivity contribution in [1.82, 2.24) is 24.7 Å². The number of aromatic nitrogens is 5. The summed E-state index contributed by atoms with van der Waals surface area (Å²) in [5.41, 5.74) is 0. The van der Waals surface area contributed by atoms with Gasteiger partial charge in [-0.05, 0) is 31.7 Å². The number of aliphatic hydroxyl groups is 1. The molecule has 4 heterocycles. The Balaban J connectivity index is 1.29. The van der Waals surface area contributed by atoms with E-state index in [1.807, 2.05) is 12.3 Å². The van der Waals surface area contributed by atoms with Gasteiger partial charge in [0.2, 0.25) is 5.95 Å². The molecule has 8 nitrogen and oxygen atoms in total. The van der Waals surface area contributed by atoms with Crippen LogP contribution in [0.2, 0.25) is 0 Å². The van der Waals surface area contributed by atoms with Crippen molar-refractivity contribution >= 4 is 11.8 Å². The van der Waals surface area contributed by atoms with Gasteiger partial charge in [-0.1, -0.05) is 0 Å². The second-order valence-electron chi connectivity index (χ2n) is 7.55. The van der Waals surface area contributed by atoms with Crippen LogP contribution in [0.4, 0.5) is 11.8 Å². The molecular formula is C18H25N7O. The van der Waals surface area contributed by atoms with Crippen LogP contribution in [-0.2, 0) is 13.0 Å². The highest BCUT2D eigenvalue weighted by Crippen LogP contribution is 2.38. The van der Waals surface area contributed by atoms with Crippen LogP contribution in [0.3, 0.4) is 0 Å². The molecule has 2 aromatic rings. The second kappa shape index (κ2) is 6.50. The van der Waals surface area contributed by atoms with Crippen LogP contribution >= 0.6 is 0 Å². The summed E-state index contributed by atoms with van der Waals surface area (Å²) in [6, 6.07) is 1.97. The van der Waals surface area contributed by atoms with Crippen molar-refractivity contribution in [3.05, 3.63) is 23.9 Å². The zero-order valence-corrected chi connectivity index (χ0v) is 15.0. The molecule has 0 radical (unpaired) electrons. The van der Waals surface area contributed by atoms with E-state index in [2.05, 4.69) is 19.5 Å². The van der Waals surface area contributed by atoms with Crippen LogP contribution in [0.15, 0.2) is 12.3 Å². The molecule has 3 aliphatic rings. The minimum atomic E-state index is -0.173. The van der Waals surface area contributed by atoms with Gasteiger partial charge in [-0.15, -0.1) is 0 Å². The maximum Gasteiger partial charge on any atom is 0.227 e. The molecule has 1 N–H and O–H groups in total. The number of aliphatic hydroxyl groups excluding tert-OH is 1. The van der Waals surface area contributed by atoms with Crippen molar-refractivity contribution < 1.29 is 5.11 Å². The molecule has 0 bridgehead atoms. The van der Waals surface area contributed by atoms with Crippen LogP contribution in [0.25, 0.3) is 0 Å². The van der Waals surface area contributed by atoms with Gasteiger partial charge in [0, 0.05) is 44.7 Å². The Morgan fingerprint density at radius 1 is 0.923 bits per heavy atom. The predicted molar refractivity (Wildman–Crippen MR) is 97.4 cm³/mol. The zero-order chi connectivity index (χ0) is 17.5. The van der Waals surface area contributed by atoms with E-state index in [0.29, 0.717) is 5.92 Å². The molecule has 5 rings (SSSR count). The Labute approximate surface area is 152 Å². The Morgan fingerprint density at radius 3 is 2.58 bits per heavy atom. The maximum absolute atomic E-state index is 9.70. The number of rotatable bonds is 3. The molecule has 2 aromatic heterocycles. The van der Waals surface area contributed by atoms with E-state index in [1.54, 1.807) is 0 Å². The Morgan fingerprint density at radius 2 is 1.77 bits per heavy atom. The molecule has 138 valence electrons. The fourth-order valence-corrected chi connectivity index (χ4v) is 3.80. The molecule has 1 aliphatic carbocycles. The van der Waals surface area contributed by atoms with E-state index in [-0.39, 0.29) is 6.10 Å². The van der Waals surface area contributed by atoms with E-state index < -0.39 is 0 Å². The first-order valence-electron chi connectivity index (χ1n) is 9.71. The third-order valence-corrected chi connectivity index (χ3v) is 5.59. The predicted octanol–water partition coefficient (Wildman–Crippen LogP) is 0.969. The fourth-order valence-electron chi connectivity index (χ4n) is 3.80. The SMILES string of the molecule is OC1CCN(c2ccnc(N3CCc4nc(C5CC5)nn4CC3)n2)CC1. The van der Waals surface area contributed by atoms with E-state index in [0.717, 1.165) is 75.4 Å². The minimum absolute atomic E-state index is 0.173. The van der Waals surface area contributed by atoms with Gasteiger partial charge in [0.15, 0.2) is 5.82 Å².